The molecule has 0 fully saturated rings. The van der Waals surface area contributed by atoms with E-state index in [1.165, 1.54) is 12.1 Å². The van der Waals surface area contributed by atoms with Crippen molar-refractivity contribution < 1.29 is 8.78 Å². The molecule has 0 unspecified atom stereocenters. The Bertz CT molecular complexity index is 523. The Kier molecular flexibility index (Phi) is 2.96. The second kappa shape index (κ2) is 4.25. The van der Waals surface area contributed by atoms with Crippen LogP contribution < -0.4 is 0 Å². The van der Waals surface area contributed by atoms with Crippen molar-refractivity contribution in [2.45, 2.75) is 6.92 Å². The number of aryl methyl sites for hydroxylation is 1. The molecular formula is C11H7BrF2N2. The summed E-state index contributed by atoms with van der Waals surface area (Å²) in [6, 6.07) is 5.03. The topological polar surface area (TPSA) is 25.8 Å². The average Bonchev–Trinajstić information content (AvgIpc) is 2.15. The van der Waals surface area contributed by atoms with Gasteiger partial charge in [-0.05, 0) is 41.1 Å². The van der Waals surface area contributed by atoms with E-state index >= 15 is 0 Å². The second-order valence-electron chi connectivity index (χ2n) is 3.28. The molecule has 5 heteroatoms. The van der Waals surface area contributed by atoms with Crippen LogP contribution in [-0.4, -0.2) is 9.97 Å². The number of benzene rings is 1. The van der Waals surface area contributed by atoms with Gasteiger partial charge in [-0.1, -0.05) is 0 Å². The minimum Gasteiger partial charge on any atom is -0.233 e. The smallest absolute Gasteiger partial charge is 0.163 e. The first-order valence-corrected chi connectivity index (χ1v) is 5.32. The van der Waals surface area contributed by atoms with Crippen LogP contribution in [0.5, 0.6) is 0 Å². The molecule has 82 valence electrons. The van der Waals surface area contributed by atoms with Gasteiger partial charge in [0.1, 0.15) is 16.2 Å². The van der Waals surface area contributed by atoms with E-state index in [0.29, 0.717) is 10.3 Å². The van der Waals surface area contributed by atoms with Crippen LogP contribution in [0.2, 0.25) is 0 Å². The van der Waals surface area contributed by atoms with E-state index in [0.717, 1.165) is 6.07 Å². The van der Waals surface area contributed by atoms with Gasteiger partial charge in [-0.15, -0.1) is 0 Å². The zero-order valence-corrected chi connectivity index (χ0v) is 9.92. The summed E-state index contributed by atoms with van der Waals surface area (Å²) in [5, 5.41) is 0. The highest BCUT2D eigenvalue weighted by Gasteiger charge is 2.10. The molecule has 16 heavy (non-hydrogen) atoms. The molecule has 0 spiro atoms. The van der Waals surface area contributed by atoms with Gasteiger partial charge in [-0.25, -0.2) is 18.7 Å². The normalized spacial score (nSPS) is 10.5. The quantitative estimate of drug-likeness (QED) is 0.749. The maximum atomic E-state index is 13.5. The second-order valence-corrected chi connectivity index (χ2v) is 4.09. The summed E-state index contributed by atoms with van der Waals surface area (Å²) < 4.78 is 26.8. The molecule has 0 saturated carbocycles. The lowest BCUT2D eigenvalue weighted by molar-refractivity contribution is 0.585. The van der Waals surface area contributed by atoms with Gasteiger partial charge in [-0.2, -0.15) is 0 Å². The van der Waals surface area contributed by atoms with E-state index in [1.54, 1.807) is 13.0 Å². The van der Waals surface area contributed by atoms with Crippen molar-refractivity contribution in [3.63, 3.8) is 0 Å². The van der Waals surface area contributed by atoms with Crippen LogP contribution in [0.25, 0.3) is 11.4 Å². The zero-order chi connectivity index (χ0) is 11.7. The van der Waals surface area contributed by atoms with Gasteiger partial charge >= 0.3 is 0 Å². The monoisotopic (exact) mass is 284 g/mol. The molecule has 1 heterocycles. The van der Waals surface area contributed by atoms with E-state index in [2.05, 4.69) is 25.9 Å². The Hall–Kier alpha value is -1.36. The predicted octanol–water partition coefficient (Wildman–Crippen LogP) is 3.49. The van der Waals surface area contributed by atoms with Crippen molar-refractivity contribution in [3.05, 3.63) is 46.2 Å². The van der Waals surface area contributed by atoms with Gasteiger partial charge in [0.15, 0.2) is 5.82 Å². The summed E-state index contributed by atoms with van der Waals surface area (Å²) in [6.45, 7) is 1.78. The van der Waals surface area contributed by atoms with Crippen molar-refractivity contribution in [3.8, 4) is 11.4 Å². The number of rotatable bonds is 1. The van der Waals surface area contributed by atoms with E-state index in [1.807, 2.05) is 0 Å². The Balaban J connectivity index is 2.58. The molecule has 0 aliphatic heterocycles. The molecule has 0 radical (unpaired) electrons. The molecule has 0 atom stereocenters. The van der Waals surface area contributed by atoms with Gasteiger partial charge in [0.2, 0.25) is 0 Å². The lowest BCUT2D eigenvalue weighted by atomic mass is 10.2. The maximum Gasteiger partial charge on any atom is 0.163 e. The van der Waals surface area contributed by atoms with Gasteiger partial charge < -0.3 is 0 Å². The third-order valence-electron chi connectivity index (χ3n) is 1.99. The average molecular weight is 285 g/mol. The number of halogens is 3. The van der Waals surface area contributed by atoms with E-state index in [9.17, 15) is 8.78 Å². The van der Waals surface area contributed by atoms with Crippen LogP contribution in [0.1, 0.15) is 5.69 Å². The molecule has 2 aromatic rings. The van der Waals surface area contributed by atoms with Crippen LogP contribution in [-0.2, 0) is 0 Å². The lowest BCUT2D eigenvalue weighted by Crippen LogP contribution is -1.95. The molecule has 0 bridgehead atoms. The van der Waals surface area contributed by atoms with Crippen molar-refractivity contribution >= 4 is 15.9 Å². The van der Waals surface area contributed by atoms with Crippen molar-refractivity contribution in [2.75, 3.05) is 0 Å². The largest absolute Gasteiger partial charge is 0.233 e. The molecule has 1 aromatic carbocycles. The summed E-state index contributed by atoms with van der Waals surface area (Å²) in [6.07, 6.45) is 0. The fraction of sp³-hybridized carbons (Fsp3) is 0.0909. The highest BCUT2D eigenvalue weighted by Crippen LogP contribution is 2.21. The number of aromatic nitrogens is 2. The zero-order valence-electron chi connectivity index (χ0n) is 8.34. The fourth-order valence-corrected chi connectivity index (χ4v) is 1.82. The number of hydrogen-bond acceptors (Lipinski definition) is 2. The SMILES string of the molecule is Cc1cc(Br)nc(-c2ccc(F)cc2F)n1. The van der Waals surface area contributed by atoms with Crippen molar-refractivity contribution in [1.82, 2.24) is 9.97 Å². The van der Waals surface area contributed by atoms with E-state index in [4.69, 9.17) is 0 Å². The lowest BCUT2D eigenvalue weighted by Gasteiger charge is -2.03. The molecule has 0 N–H and O–H groups in total. The molecule has 1 aromatic heterocycles. The summed E-state index contributed by atoms with van der Waals surface area (Å²) in [5.74, 6) is -1.05. The van der Waals surface area contributed by atoms with E-state index in [-0.39, 0.29) is 11.4 Å². The Morgan fingerprint density at radius 2 is 1.88 bits per heavy atom. The van der Waals surface area contributed by atoms with Crippen LogP contribution >= 0.6 is 15.9 Å². The molecule has 0 saturated heterocycles. The van der Waals surface area contributed by atoms with Crippen LogP contribution in [0, 0.1) is 18.6 Å². The van der Waals surface area contributed by atoms with Gasteiger partial charge in [0.05, 0.1) is 5.56 Å². The molecular weight excluding hydrogens is 278 g/mol. The molecule has 2 nitrogen and oxygen atoms in total. The summed E-state index contributed by atoms with van der Waals surface area (Å²) in [5.41, 5.74) is 0.895. The number of nitrogens with zero attached hydrogens (tertiary/aromatic N) is 2. The standard InChI is InChI=1S/C11H7BrF2N2/c1-6-4-10(12)16-11(15-6)8-3-2-7(13)5-9(8)14/h2-5H,1H3. The van der Waals surface area contributed by atoms with E-state index < -0.39 is 11.6 Å². The third kappa shape index (κ3) is 2.24. The maximum absolute atomic E-state index is 13.5. The van der Waals surface area contributed by atoms with Gasteiger partial charge in [-0.3, -0.25) is 0 Å². The predicted molar refractivity (Wildman–Crippen MR) is 59.8 cm³/mol. The third-order valence-corrected chi connectivity index (χ3v) is 2.40. The Morgan fingerprint density at radius 3 is 2.50 bits per heavy atom. The summed E-state index contributed by atoms with van der Waals surface area (Å²) >= 11 is 3.20. The fourth-order valence-electron chi connectivity index (χ4n) is 1.32. The summed E-state index contributed by atoms with van der Waals surface area (Å²) in [4.78, 5) is 8.13. The van der Waals surface area contributed by atoms with Crippen LogP contribution in [0.3, 0.4) is 0 Å². The first-order chi connectivity index (χ1) is 7.56. The summed E-state index contributed by atoms with van der Waals surface area (Å²) in [7, 11) is 0. The minimum atomic E-state index is -0.669. The van der Waals surface area contributed by atoms with Crippen molar-refractivity contribution in [1.29, 1.82) is 0 Å². The Morgan fingerprint density at radius 1 is 1.12 bits per heavy atom. The van der Waals surface area contributed by atoms with Crippen LogP contribution in [0.4, 0.5) is 8.78 Å². The highest BCUT2D eigenvalue weighted by molar-refractivity contribution is 9.10. The molecule has 2 rings (SSSR count). The Labute approximate surface area is 99.5 Å². The molecule has 0 aliphatic rings. The molecule has 0 amide bonds. The first kappa shape index (κ1) is 11.1. The van der Waals surface area contributed by atoms with Crippen LogP contribution in [0.15, 0.2) is 28.9 Å². The van der Waals surface area contributed by atoms with Gasteiger partial charge in [0, 0.05) is 11.8 Å². The highest BCUT2D eigenvalue weighted by atomic mass is 79.9. The number of hydrogen-bond donors (Lipinski definition) is 0. The molecule has 0 aliphatic carbocycles. The minimum absolute atomic E-state index is 0.186. The van der Waals surface area contributed by atoms with Gasteiger partial charge in [0.25, 0.3) is 0 Å². The van der Waals surface area contributed by atoms with Crippen molar-refractivity contribution in [2.24, 2.45) is 0 Å². The first-order valence-electron chi connectivity index (χ1n) is 4.53.